The average Bonchev–Trinajstić information content (AvgIpc) is 3.72. The average molecular weight is 586 g/mol. The lowest BCUT2D eigenvalue weighted by atomic mass is 9.70. The molecule has 0 saturated carbocycles. The Morgan fingerprint density at radius 3 is 1.74 bits per heavy atom. The predicted octanol–water partition coefficient (Wildman–Crippen LogP) is 10.4. The van der Waals surface area contributed by atoms with Crippen LogP contribution in [-0.4, -0.2) is 10.4 Å². The van der Waals surface area contributed by atoms with Crippen molar-refractivity contribution in [2.24, 2.45) is 0 Å². The lowest BCUT2D eigenvalue weighted by Crippen LogP contribution is -2.26. The fourth-order valence-electron chi connectivity index (χ4n) is 8.36. The summed E-state index contributed by atoms with van der Waals surface area (Å²) >= 11 is 0. The first kappa shape index (κ1) is 25.3. The van der Waals surface area contributed by atoms with Crippen LogP contribution in [0.15, 0.2) is 164 Å². The highest BCUT2D eigenvalue weighted by molar-refractivity contribution is 6.13. The first-order valence-corrected chi connectivity index (χ1v) is 15.8. The molecular weight excluding hydrogens is 558 g/mol. The van der Waals surface area contributed by atoms with Gasteiger partial charge in [0.15, 0.2) is 5.78 Å². The fourth-order valence-corrected chi connectivity index (χ4v) is 8.36. The molecule has 2 aliphatic carbocycles. The zero-order valence-corrected chi connectivity index (χ0v) is 24.9. The van der Waals surface area contributed by atoms with E-state index in [2.05, 4.69) is 132 Å². The third-order valence-corrected chi connectivity index (χ3v) is 10.2. The number of hydrogen-bond donors (Lipinski definition) is 0. The Morgan fingerprint density at radius 1 is 0.413 bits per heavy atom. The summed E-state index contributed by atoms with van der Waals surface area (Å²) in [6.07, 6.45) is 0. The second-order valence-corrected chi connectivity index (χ2v) is 12.4. The van der Waals surface area contributed by atoms with Gasteiger partial charge in [-0.3, -0.25) is 4.79 Å². The molecule has 0 bridgehead atoms. The van der Waals surface area contributed by atoms with Crippen LogP contribution < -0.4 is 0 Å². The summed E-state index contributed by atoms with van der Waals surface area (Å²) in [7, 11) is 0. The molecule has 0 amide bonds. The second-order valence-electron chi connectivity index (χ2n) is 12.4. The van der Waals surface area contributed by atoms with E-state index >= 15 is 0 Å². The lowest BCUT2D eigenvalue weighted by molar-refractivity contribution is 0.103. The highest BCUT2D eigenvalue weighted by Crippen LogP contribution is 2.63. The van der Waals surface area contributed by atoms with Crippen LogP contribution in [0, 0.1) is 0 Å². The molecule has 1 spiro atoms. The quantitative estimate of drug-likeness (QED) is 0.189. The van der Waals surface area contributed by atoms with Gasteiger partial charge in [0.1, 0.15) is 0 Å². The number of benzene rings is 7. The van der Waals surface area contributed by atoms with Gasteiger partial charge in [-0.15, -0.1) is 0 Å². The molecule has 1 atom stereocenters. The first-order chi connectivity index (χ1) is 22.7. The summed E-state index contributed by atoms with van der Waals surface area (Å²) < 4.78 is 2.41. The van der Waals surface area contributed by atoms with Crippen LogP contribution in [-0.2, 0) is 5.41 Å². The maximum Gasteiger partial charge on any atom is 0.193 e. The number of fused-ring (bicyclic) bond motifs is 13. The number of carbonyl (C=O) groups excluding carboxylic acids is 1. The molecule has 2 aliphatic rings. The zero-order valence-electron chi connectivity index (χ0n) is 24.9. The predicted molar refractivity (Wildman–Crippen MR) is 187 cm³/mol. The van der Waals surface area contributed by atoms with Gasteiger partial charge in [0, 0.05) is 27.6 Å². The van der Waals surface area contributed by atoms with Crippen LogP contribution in [0.25, 0.3) is 49.7 Å². The summed E-state index contributed by atoms with van der Waals surface area (Å²) in [6, 6.07) is 57.9. The Bertz CT molecular complexity index is 2540. The highest BCUT2D eigenvalue weighted by atomic mass is 16.1. The van der Waals surface area contributed by atoms with Crippen molar-refractivity contribution < 1.29 is 4.79 Å². The van der Waals surface area contributed by atoms with Gasteiger partial charge in [-0.25, -0.2) is 0 Å². The van der Waals surface area contributed by atoms with Gasteiger partial charge < -0.3 is 4.57 Å². The van der Waals surface area contributed by atoms with Crippen LogP contribution in [0.4, 0.5) is 0 Å². The molecule has 0 aliphatic heterocycles. The summed E-state index contributed by atoms with van der Waals surface area (Å²) in [4.78, 5) is 13.7. The van der Waals surface area contributed by atoms with Crippen molar-refractivity contribution in [3.8, 4) is 27.9 Å². The molecule has 1 aromatic heterocycles. The third-order valence-electron chi connectivity index (χ3n) is 10.2. The van der Waals surface area contributed by atoms with E-state index in [9.17, 15) is 4.79 Å². The summed E-state index contributed by atoms with van der Waals surface area (Å²) in [5, 5.41) is 2.50. The molecule has 0 saturated heterocycles. The molecule has 1 unspecified atom stereocenters. The van der Waals surface area contributed by atoms with Gasteiger partial charge in [-0.2, -0.15) is 0 Å². The molecule has 1 heterocycles. The Labute approximate surface area is 266 Å². The lowest BCUT2D eigenvalue weighted by Gasteiger charge is -2.30. The van der Waals surface area contributed by atoms with Gasteiger partial charge >= 0.3 is 0 Å². The van der Waals surface area contributed by atoms with E-state index in [0.717, 1.165) is 11.3 Å². The Morgan fingerprint density at radius 2 is 1.00 bits per heavy atom. The van der Waals surface area contributed by atoms with E-state index in [-0.39, 0.29) is 5.78 Å². The molecule has 0 N–H and O–H groups in total. The Hall–Kier alpha value is -5.99. The summed E-state index contributed by atoms with van der Waals surface area (Å²) in [5.74, 6) is 0.0446. The molecule has 0 fully saturated rings. The van der Waals surface area contributed by atoms with Crippen LogP contribution >= 0.6 is 0 Å². The number of para-hydroxylation sites is 2. The second kappa shape index (κ2) is 9.26. The van der Waals surface area contributed by atoms with Crippen molar-refractivity contribution in [2.75, 3.05) is 0 Å². The van der Waals surface area contributed by atoms with Crippen molar-refractivity contribution in [3.05, 3.63) is 197 Å². The van der Waals surface area contributed by atoms with E-state index in [1.807, 2.05) is 36.4 Å². The summed E-state index contributed by atoms with van der Waals surface area (Å²) in [6.45, 7) is 0. The molecule has 8 aromatic rings. The minimum absolute atomic E-state index is 0.0446. The van der Waals surface area contributed by atoms with Gasteiger partial charge in [0.05, 0.1) is 16.4 Å². The van der Waals surface area contributed by atoms with Crippen LogP contribution in [0.1, 0.15) is 38.2 Å². The molecular formula is C44H27NO. The maximum atomic E-state index is 13.7. The van der Waals surface area contributed by atoms with Crippen molar-refractivity contribution in [1.29, 1.82) is 0 Å². The topological polar surface area (TPSA) is 22.0 Å². The van der Waals surface area contributed by atoms with Crippen molar-refractivity contribution >= 4 is 27.6 Å². The SMILES string of the molecule is O=C(c1ccccc1)c1ccc2c(c1)-c1ccccc1C21c2ccccc2-c2cc3c4ccccc4n(-c4ccccc4)c3cc21. The van der Waals surface area contributed by atoms with Crippen LogP contribution in [0.3, 0.4) is 0 Å². The first-order valence-electron chi connectivity index (χ1n) is 15.8. The van der Waals surface area contributed by atoms with Crippen molar-refractivity contribution in [2.45, 2.75) is 5.41 Å². The Kier molecular flexibility index (Phi) is 5.10. The molecule has 214 valence electrons. The standard InChI is InChI=1S/C44H27NO/c46-43(28-13-3-1-4-14-28)29-23-24-39-34(25-29)31-17-7-10-20-37(31)44(39)38-21-11-8-18-32(38)35-26-36-33-19-9-12-22-41(33)45(42(36)27-40(35)44)30-15-5-2-6-16-30/h1-27H. The van der Waals surface area contributed by atoms with Gasteiger partial charge in [0.25, 0.3) is 0 Å². The van der Waals surface area contributed by atoms with Gasteiger partial charge in [0.2, 0.25) is 0 Å². The van der Waals surface area contributed by atoms with Gasteiger partial charge in [-0.05, 0) is 80.9 Å². The van der Waals surface area contributed by atoms with E-state index in [1.165, 1.54) is 60.8 Å². The molecule has 10 rings (SSSR count). The number of ketones is 1. The maximum absolute atomic E-state index is 13.7. The minimum atomic E-state index is -0.502. The molecule has 2 nitrogen and oxygen atoms in total. The number of aromatic nitrogens is 1. The monoisotopic (exact) mass is 585 g/mol. The normalized spacial score (nSPS) is 15.6. The highest BCUT2D eigenvalue weighted by Gasteiger charge is 2.52. The number of carbonyl (C=O) groups is 1. The largest absolute Gasteiger partial charge is 0.309 e. The van der Waals surface area contributed by atoms with E-state index < -0.39 is 5.41 Å². The van der Waals surface area contributed by atoms with E-state index in [4.69, 9.17) is 0 Å². The van der Waals surface area contributed by atoms with Crippen molar-refractivity contribution in [1.82, 2.24) is 4.57 Å². The van der Waals surface area contributed by atoms with Crippen molar-refractivity contribution in [3.63, 3.8) is 0 Å². The molecule has 46 heavy (non-hydrogen) atoms. The Balaban J connectivity index is 1.31. The van der Waals surface area contributed by atoms with Crippen LogP contribution in [0.5, 0.6) is 0 Å². The minimum Gasteiger partial charge on any atom is -0.309 e. The third kappa shape index (κ3) is 3.18. The molecule has 0 radical (unpaired) electrons. The number of rotatable bonds is 3. The number of hydrogen-bond acceptors (Lipinski definition) is 1. The molecule has 2 heteroatoms. The number of nitrogens with zero attached hydrogens (tertiary/aromatic N) is 1. The van der Waals surface area contributed by atoms with E-state index in [1.54, 1.807) is 0 Å². The van der Waals surface area contributed by atoms with Crippen LogP contribution in [0.2, 0.25) is 0 Å². The smallest absolute Gasteiger partial charge is 0.193 e. The fraction of sp³-hybridized carbons (Fsp3) is 0.0227. The summed E-state index contributed by atoms with van der Waals surface area (Å²) in [5.41, 5.74) is 14.4. The van der Waals surface area contributed by atoms with Gasteiger partial charge in [-0.1, -0.05) is 127 Å². The zero-order chi connectivity index (χ0) is 30.4. The van der Waals surface area contributed by atoms with E-state index in [0.29, 0.717) is 11.1 Å². The molecule has 7 aromatic carbocycles.